The van der Waals surface area contributed by atoms with Crippen molar-refractivity contribution in [3.63, 3.8) is 0 Å². The second-order valence-electron chi connectivity index (χ2n) is 3.21. The summed E-state index contributed by atoms with van der Waals surface area (Å²) in [6.45, 7) is 3.95. The van der Waals surface area contributed by atoms with Crippen LogP contribution in [0.25, 0.3) is 0 Å². The molecule has 5 nitrogen and oxygen atoms in total. The fourth-order valence-electron chi connectivity index (χ4n) is 0.904. The molecule has 0 bridgehead atoms. The van der Waals surface area contributed by atoms with Gasteiger partial charge < -0.3 is 5.11 Å². The third kappa shape index (κ3) is 2.77. The zero-order valence-corrected chi connectivity index (χ0v) is 7.16. The van der Waals surface area contributed by atoms with Gasteiger partial charge in [0.15, 0.2) is 6.04 Å². The number of carbonyl (C=O) groups is 1. The lowest BCUT2D eigenvalue weighted by atomic mass is 10.0. The van der Waals surface area contributed by atoms with Gasteiger partial charge in [-0.05, 0) is 12.3 Å². The highest BCUT2D eigenvalue weighted by Gasteiger charge is 2.21. The van der Waals surface area contributed by atoms with Crippen LogP contribution < -0.4 is 10.9 Å². The van der Waals surface area contributed by atoms with Crippen LogP contribution in [0, 0.1) is 5.92 Å². The van der Waals surface area contributed by atoms with Crippen molar-refractivity contribution < 1.29 is 9.90 Å². The zero-order chi connectivity index (χ0) is 9.14. The van der Waals surface area contributed by atoms with Crippen molar-refractivity contribution in [1.29, 1.82) is 0 Å². The molecule has 1 aliphatic heterocycles. The number of guanidine groups is 1. The Balaban J connectivity index is 2.48. The number of rotatable bonds is 4. The smallest absolute Gasteiger partial charge is 0.328 e. The Kier molecular flexibility index (Phi) is 2.52. The van der Waals surface area contributed by atoms with Crippen LogP contribution in [-0.2, 0) is 4.79 Å². The predicted molar refractivity (Wildman–Crippen MR) is 44.6 cm³/mol. The maximum absolute atomic E-state index is 10.6. The normalized spacial score (nSPS) is 16.4. The van der Waals surface area contributed by atoms with E-state index in [0.717, 1.165) is 0 Å². The van der Waals surface area contributed by atoms with Gasteiger partial charge in [-0.25, -0.2) is 9.79 Å². The van der Waals surface area contributed by atoms with E-state index in [9.17, 15) is 4.79 Å². The molecule has 1 rings (SSSR count). The van der Waals surface area contributed by atoms with Crippen molar-refractivity contribution in [3.8, 4) is 0 Å². The van der Waals surface area contributed by atoms with Crippen molar-refractivity contribution in [1.82, 2.24) is 10.9 Å². The average molecular weight is 171 g/mol. The van der Waals surface area contributed by atoms with Gasteiger partial charge in [-0.1, -0.05) is 13.8 Å². The molecule has 3 N–H and O–H groups in total. The number of aliphatic carboxylic acids is 1. The number of carboxylic acid groups (broad SMARTS) is 1. The summed E-state index contributed by atoms with van der Waals surface area (Å²) in [6, 6.07) is -0.623. The topological polar surface area (TPSA) is 93.5 Å². The van der Waals surface area contributed by atoms with Gasteiger partial charge in [-0.15, -0.1) is 0 Å². The Morgan fingerprint density at radius 2 is 2.17 bits per heavy atom. The Morgan fingerprint density at radius 3 is 2.50 bits per heavy atom. The first-order valence-electron chi connectivity index (χ1n) is 3.92. The number of hydrazine groups is 1. The highest BCUT2D eigenvalue weighted by Crippen LogP contribution is 2.08. The molecule has 12 heavy (non-hydrogen) atoms. The molecular weight excluding hydrogens is 158 g/mol. The molecule has 0 amide bonds. The predicted octanol–water partition coefficient (Wildman–Crippen LogP) is -0.0505. The molecule has 0 aromatic heterocycles. The molecule has 0 spiro atoms. The highest BCUT2D eigenvalue weighted by atomic mass is 16.4. The molecule has 5 heteroatoms. The quantitative estimate of drug-likeness (QED) is 0.517. The standard InChI is InChI=1S/C7H13N3O2/c1-4(2)3-5(6(11)12)8-7-9-10-7/h4-5H,3H2,1-2H3,(H,11,12)(H2,8,9,10). The van der Waals surface area contributed by atoms with Gasteiger partial charge in [0.2, 0.25) is 5.96 Å². The molecule has 0 saturated carbocycles. The van der Waals surface area contributed by atoms with E-state index in [2.05, 4.69) is 15.8 Å². The molecule has 1 atom stereocenters. The number of hydrogen-bond donors (Lipinski definition) is 3. The van der Waals surface area contributed by atoms with Gasteiger partial charge in [-0.3, -0.25) is 10.9 Å². The molecule has 0 radical (unpaired) electrons. The Hall–Kier alpha value is -1.26. The first-order valence-corrected chi connectivity index (χ1v) is 3.92. The second-order valence-corrected chi connectivity index (χ2v) is 3.21. The Labute approximate surface area is 70.8 Å². The number of aliphatic imine (C=N–C) groups is 1. The van der Waals surface area contributed by atoms with Gasteiger partial charge in [0.25, 0.3) is 0 Å². The molecule has 1 saturated heterocycles. The molecule has 1 unspecified atom stereocenters. The molecule has 1 aliphatic rings. The first-order chi connectivity index (χ1) is 5.59. The maximum atomic E-state index is 10.6. The van der Waals surface area contributed by atoms with E-state index in [1.807, 2.05) is 13.8 Å². The van der Waals surface area contributed by atoms with Gasteiger partial charge in [0.1, 0.15) is 0 Å². The molecule has 1 fully saturated rings. The summed E-state index contributed by atoms with van der Waals surface area (Å²) >= 11 is 0. The lowest BCUT2D eigenvalue weighted by molar-refractivity contribution is -0.138. The molecule has 1 heterocycles. The van der Waals surface area contributed by atoms with E-state index < -0.39 is 12.0 Å². The van der Waals surface area contributed by atoms with Crippen LogP contribution in [0.1, 0.15) is 20.3 Å². The van der Waals surface area contributed by atoms with Crippen LogP contribution in [0.4, 0.5) is 0 Å². The van der Waals surface area contributed by atoms with E-state index >= 15 is 0 Å². The molecular formula is C7H13N3O2. The lowest BCUT2D eigenvalue weighted by Crippen LogP contribution is -2.20. The average Bonchev–Trinajstić information content (AvgIpc) is 2.68. The van der Waals surface area contributed by atoms with Gasteiger partial charge in [0, 0.05) is 0 Å². The third-order valence-corrected chi connectivity index (χ3v) is 1.50. The molecule has 0 aliphatic carbocycles. The van der Waals surface area contributed by atoms with E-state index in [-0.39, 0.29) is 0 Å². The van der Waals surface area contributed by atoms with Crippen molar-refractivity contribution in [3.05, 3.63) is 0 Å². The summed E-state index contributed by atoms with van der Waals surface area (Å²) in [5, 5.41) is 8.74. The monoisotopic (exact) mass is 171 g/mol. The first kappa shape index (κ1) is 8.83. The van der Waals surface area contributed by atoms with Crippen LogP contribution in [0.15, 0.2) is 4.99 Å². The second kappa shape index (κ2) is 3.42. The minimum atomic E-state index is -0.869. The lowest BCUT2D eigenvalue weighted by Gasteiger charge is -2.08. The summed E-state index contributed by atoms with van der Waals surface area (Å²) < 4.78 is 0. The SMILES string of the molecule is CC(C)CC(N=C1NN1)C(=O)O. The largest absolute Gasteiger partial charge is 0.480 e. The zero-order valence-electron chi connectivity index (χ0n) is 7.16. The number of hydrogen-bond acceptors (Lipinski definition) is 2. The van der Waals surface area contributed by atoms with E-state index in [0.29, 0.717) is 18.3 Å². The van der Waals surface area contributed by atoms with Crippen molar-refractivity contribution >= 4 is 11.9 Å². The number of nitrogens with one attached hydrogen (secondary N) is 2. The van der Waals surface area contributed by atoms with E-state index in [1.54, 1.807) is 0 Å². The number of nitrogens with zero attached hydrogens (tertiary/aromatic N) is 1. The summed E-state index contributed by atoms with van der Waals surface area (Å²) in [6.07, 6.45) is 0.572. The fraction of sp³-hybridized carbons (Fsp3) is 0.714. The molecule has 0 aromatic rings. The molecule has 0 aromatic carbocycles. The van der Waals surface area contributed by atoms with Crippen molar-refractivity contribution in [2.45, 2.75) is 26.3 Å². The third-order valence-electron chi connectivity index (χ3n) is 1.50. The van der Waals surface area contributed by atoms with E-state index in [1.165, 1.54) is 0 Å². The van der Waals surface area contributed by atoms with E-state index in [4.69, 9.17) is 5.11 Å². The minimum Gasteiger partial charge on any atom is -0.480 e. The van der Waals surface area contributed by atoms with Gasteiger partial charge >= 0.3 is 5.97 Å². The Bertz CT molecular complexity index is 207. The van der Waals surface area contributed by atoms with Crippen LogP contribution >= 0.6 is 0 Å². The van der Waals surface area contributed by atoms with Gasteiger partial charge in [-0.2, -0.15) is 0 Å². The highest BCUT2D eigenvalue weighted by molar-refractivity contribution is 5.92. The summed E-state index contributed by atoms with van der Waals surface area (Å²) in [5.74, 6) is 0.0453. The maximum Gasteiger partial charge on any atom is 0.328 e. The summed E-state index contributed by atoms with van der Waals surface area (Å²) in [4.78, 5) is 14.6. The van der Waals surface area contributed by atoms with Crippen molar-refractivity contribution in [2.75, 3.05) is 0 Å². The van der Waals surface area contributed by atoms with Crippen LogP contribution in [0.5, 0.6) is 0 Å². The van der Waals surface area contributed by atoms with Crippen LogP contribution in [0.3, 0.4) is 0 Å². The number of carboxylic acids is 1. The minimum absolute atomic E-state index is 0.342. The summed E-state index contributed by atoms with van der Waals surface area (Å²) in [7, 11) is 0. The molecule has 68 valence electrons. The summed E-state index contributed by atoms with van der Waals surface area (Å²) in [5.41, 5.74) is 5.26. The Morgan fingerprint density at radius 1 is 1.58 bits per heavy atom. The van der Waals surface area contributed by atoms with Crippen molar-refractivity contribution in [2.24, 2.45) is 10.9 Å². The fourth-order valence-corrected chi connectivity index (χ4v) is 0.904. The van der Waals surface area contributed by atoms with Crippen LogP contribution in [-0.4, -0.2) is 23.1 Å². The van der Waals surface area contributed by atoms with Gasteiger partial charge in [0.05, 0.1) is 0 Å². The van der Waals surface area contributed by atoms with Crippen LogP contribution in [0.2, 0.25) is 0 Å².